The largest absolute Gasteiger partial charge is 0.467 e. The topological polar surface area (TPSA) is 68.3 Å². The lowest BCUT2D eigenvalue weighted by molar-refractivity contribution is -0.142. The van der Waals surface area contributed by atoms with E-state index in [4.69, 9.17) is 11.6 Å². The van der Waals surface area contributed by atoms with Gasteiger partial charge in [0.05, 0.1) is 12.7 Å². The summed E-state index contributed by atoms with van der Waals surface area (Å²) in [5, 5.41) is 2.77. The number of methoxy groups -OCH3 is 1. The molecule has 5 nitrogen and oxygen atoms in total. The van der Waals surface area contributed by atoms with Gasteiger partial charge in [-0.05, 0) is 19.1 Å². The van der Waals surface area contributed by atoms with Crippen molar-refractivity contribution in [3.8, 4) is 0 Å². The van der Waals surface area contributed by atoms with Crippen LogP contribution in [0.25, 0.3) is 0 Å². The summed E-state index contributed by atoms with van der Waals surface area (Å²) in [6.07, 6.45) is 1.33. The van der Waals surface area contributed by atoms with Crippen LogP contribution in [0.2, 0.25) is 5.15 Å². The van der Waals surface area contributed by atoms with E-state index in [9.17, 15) is 9.59 Å². The van der Waals surface area contributed by atoms with Gasteiger partial charge in [-0.3, -0.25) is 4.79 Å². The van der Waals surface area contributed by atoms with E-state index in [0.717, 1.165) is 0 Å². The van der Waals surface area contributed by atoms with Gasteiger partial charge in [-0.2, -0.15) is 0 Å². The van der Waals surface area contributed by atoms with E-state index in [-0.39, 0.29) is 0 Å². The standard InChI is InChI=1S/C10H11ClN2O3/c1-6(10(15)16-2)13-9(14)7-3-4-8(11)12-5-7/h3-6H,1-2H3,(H,13,14)/t6-/m0/s1. The van der Waals surface area contributed by atoms with Gasteiger partial charge in [-0.25, -0.2) is 9.78 Å². The highest BCUT2D eigenvalue weighted by Gasteiger charge is 2.16. The highest BCUT2D eigenvalue weighted by molar-refractivity contribution is 6.29. The van der Waals surface area contributed by atoms with Crippen LogP contribution in [0, 0.1) is 0 Å². The van der Waals surface area contributed by atoms with E-state index in [0.29, 0.717) is 10.7 Å². The van der Waals surface area contributed by atoms with Gasteiger partial charge in [0, 0.05) is 6.20 Å². The molecule has 0 saturated carbocycles. The van der Waals surface area contributed by atoms with Crippen molar-refractivity contribution in [1.29, 1.82) is 0 Å². The third-order valence-corrected chi connectivity index (χ3v) is 2.12. The summed E-state index contributed by atoms with van der Waals surface area (Å²) in [6, 6.07) is 2.32. The number of nitrogens with one attached hydrogen (secondary N) is 1. The van der Waals surface area contributed by atoms with Crippen LogP contribution in [0.5, 0.6) is 0 Å². The van der Waals surface area contributed by atoms with Gasteiger partial charge in [-0.15, -0.1) is 0 Å². The summed E-state index contributed by atoms with van der Waals surface area (Å²) in [5.74, 6) is -0.905. The van der Waals surface area contributed by atoms with Gasteiger partial charge in [-0.1, -0.05) is 11.6 Å². The van der Waals surface area contributed by atoms with Crippen molar-refractivity contribution >= 4 is 23.5 Å². The number of amides is 1. The lowest BCUT2D eigenvalue weighted by atomic mass is 10.2. The van der Waals surface area contributed by atoms with Crippen molar-refractivity contribution in [3.63, 3.8) is 0 Å². The van der Waals surface area contributed by atoms with Crippen LogP contribution in [0.4, 0.5) is 0 Å². The molecular weight excluding hydrogens is 232 g/mol. The Bertz CT molecular complexity index is 392. The second kappa shape index (κ2) is 5.46. The van der Waals surface area contributed by atoms with Crippen molar-refractivity contribution in [2.75, 3.05) is 7.11 Å². The Kier molecular flexibility index (Phi) is 4.25. The minimum Gasteiger partial charge on any atom is -0.467 e. The molecule has 0 saturated heterocycles. The number of halogens is 1. The summed E-state index contributed by atoms with van der Waals surface area (Å²) in [6.45, 7) is 1.53. The molecule has 0 aliphatic carbocycles. The van der Waals surface area contributed by atoms with Gasteiger partial charge in [0.15, 0.2) is 0 Å². The molecule has 0 aliphatic rings. The fraction of sp³-hybridized carbons (Fsp3) is 0.300. The molecule has 6 heteroatoms. The van der Waals surface area contributed by atoms with Gasteiger partial charge in [0.2, 0.25) is 0 Å². The Hall–Kier alpha value is -1.62. The molecule has 1 atom stereocenters. The highest BCUT2D eigenvalue weighted by Crippen LogP contribution is 2.05. The Labute approximate surface area is 97.8 Å². The molecule has 1 amide bonds. The molecule has 1 heterocycles. The monoisotopic (exact) mass is 242 g/mol. The number of rotatable bonds is 3. The number of nitrogens with zero attached hydrogens (tertiary/aromatic N) is 1. The average Bonchev–Trinajstić information content (AvgIpc) is 2.28. The first kappa shape index (κ1) is 12.4. The van der Waals surface area contributed by atoms with E-state index in [1.807, 2.05) is 0 Å². The number of hydrogen-bond donors (Lipinski definition) is 1. The molecule has 0 spiro atoms. The van der Waals surface area contributed by atoms with Gasteiger partial charge in [0.1, 0.15) is 11.2 Å². The second-order valence-corrected chi connectivity index (χ2v) is 3.48. The lowest BCUT2D eigenvalue weighted by Crippen LogP contribution is -2.39. The van der Waals surface area contributed by atoms with Crippen molar-refractivity contribution in [2.45, 2.75) is 13.0 Å². The molecule has 1 aromatic rings. The van der Waals surface area contributed by atoms with Crippen LogP contribution >= 0.6 is 11.6 Å². The first-order chi connectivity index (χ1) is 7.54. The minimum atomic E-state index is -0.701. The van der Waals surface area contributed by atoms with Crippen LogP contribution in [-0.2, 0) is 9.53 Å². The number of ether oxygens (including phenoxy) is 1. The maximum atomic E-state index is 11.6. The molecule has 1 aromatic heterocycles. The van der Waals surface area contributed by atoms with E-state index < -0.39 is 17.9 Å². The van der Waals surface area contributed by atoms with Crippen LogP contribution in [0.1, 0.15) is 17.3 Å². The molecule has 0 bridgehead atoms. The maximum absolute atomic E-state index is 11.6. The number of aromatic nitrogens is 1. The quantitative estimate of drug-likeness (QED) is 0.635. The number of esters is 1. The number of carbonyl (C=O) groups is 2. The molecular formula is C10H11ClN2O3. The normalized spacial score (nSPS) is 11.7. The van der Waals surface area contributed by atoms with E-state index in [1.54, 1.807) is 0 Å². The smallest absolute Gasteiger partial charge is 0.328 e. The number of hydrogen-bond acceptors (Lipinski definition) is 4. The van der Waals surface area contributed by atoms with Gasteiger partial charge in [0.25, 0.3) is 5.91 Å². The molecule has 0 aliphatic heterocycles. The summed E-state index contributed by atoms with van der Waals surface area (Å²) in [7, 11) is 1.26. The SMILES string of the molecule is COC(=O)[C@H](C)NC(=O)c1ccc(Cl)nc1. The van der Waals surface area contributed by atoms with E-state index in [2.05, 4.69) is 15.0 Å². The summed E-state index contributed by atoms with van der Waals surface area (Å²) in [4.78, 5) is 26.4. The predicted octanol–water partition coefficient (Wildman–Crippen LogP) is 1.03. The van der Waals surface area contributed by atoms with E-state index in [1.165, 1.54) is 32.4 Å². The zero-order chi connectivity index (χ0) is 12.1. The predicted molar refractivity (Wildman–Crippen MR) is 58.2 cm³/mol. The van der Waals surface area contributed by atoms with Gasteiger partial charge >= 0.3 is 5.97 Å². The van der Waals surface area contributed by atoms with Crippen LogP contribution < -0.4 is 5.32 Å². The Balaban J connectivity index is 2.65. The van der Waals surface area contributed by atoms with Crippen LogP contribution in [0.15, 0.2) is 18.3 Å². The first-order valence-corrected chi connectivity index (χ1v) is 4.92. The minimum absolute atomic E-state index is 0.303. The molecule has 0 unspecified atom stereocenters. The Morgan fingerprint density at radius 1 is 1.50 bits per heavy atom. The summed E-state index contributed by atoms with van der Waals surface area (Å²) in [5.41, 5.74) is 0.333. The second-order valence-electron chi connectivity index (χ2n) is 3.09. The van der Waals surface area contributed by atoms with Crippen molar-refractivity contribution < 1.29 is 14.3 Å². The van der Waals surface area contributed by atoms with Crippen LogP contribution in [0.3, 0.4) is 0 Å². The molecule has 1 rings (SSSR count). The Morgan fingerprint density at radius 3 is 2.69 bits per heavy atom. The fourth-order valence-corrected chi connectivity index (χ4v) is 1.14. The third kappa shape index (κ3) is 3.20. The zero-order valence-corrected chi connectivity index (χ0v) is 9.62. The van der Waals surface area contributed by atoms with Gasteiger partial charge < -0.3 is 10.1 Å². The first-order valence-electron chi connectivity index (χ1n) is 4.55. The lowest BCUT2D eigenvalue weighted by Gasteiger charge is -2.11. The molecule has 0 radical (unpaired) electrons. The summed E-state index contributed by atoms with van der Waals surface area (Å²) < 4.78 is 4.48. The van der Waals surface area contributed by atoms with Crippen molar-refractivity contribution in [1.82, 2.24) is 10.3 Å². The van der Waals surface area contributed by atoms with Crippen LogP contribution in [-0.4, -0.2) is 30.0 Å². The third-order valence-electron chi connectivity index (χ3n) is 1.89. The van der Waals surface area contributed by atoms with E-state index >= 15 is 0 Å². The average molecular weight is 243 g/mol. The fourth-order valence-electron chi connectivity index (χ4n) is 1.03. The highest BCUT2D eigenvalue weighted by atomic mass is 35.5. The zero-order valence-electron chi connectivity index (χ0n) is 8.86. The van der Waals surface area contributed by atoms with Crippen molar-refractivity contribution in [3.05, 3.63) is 29.0 Å². The maximum Gasteiger partial charge on any atom is 0.328 e. The summed E-state index contributed by atoms with van der Waals surface area (Å²) >= 11 is 5.58. The molecule has 86 valence electrons. The molecule has 0 fully saturated rings. The number of carbonyl (C=O) groups excluding carboxylic acids is 2. The van der Waals surface area contributed by atoms with Crippen molar-refractivity contribution in [2.24, 2.45) is 0 Å². The Morgan fingerprint density at radius 2 is 2.19 bits per heavy atom. The molecule has 1 N–H and O–H groups in total. The molecule has 16 heavy (non-hydrogen) atoms. The number of pyridine rings is 1. The molecule has 0 aromatic carbocycles.